The zero-order valence-corrected chi connectivity index (χ0v) is 10.9. The first kappa shape index (κ1) is 15.4. The SMILES string of the molecule is CCOCCN(CC)c1ccc(C(=O)O)c(F)c1F. The first-order chi connectivity index (χ1) is 9.02. The number of aromatic carboxylic acids is 1. The van der Waals surface area contributed by atoms with Gasteiger partial charge in [-0.05, 0) is 26.0 Å². The van der Waals surface area contributed by atoms with Gasteiger partial charge in [-0.25, -0.2) is 13.6 Å². The van der Waals surface area contributed by atoms with E-state index >= 15 is 0 Å². The smallest absolute Gasteiger partial charge is 0.338 e. The fraction of sp³-hybridized carbons (Fsp3) is 0.462. The lowest BCUT2D eigenvalue weighted by molar-refractivity contribution is 0.0690. The van der Waals surface area contributed by atoms with Crippen molar-refractivity contribution in [3.8, 4) is 0 Å². The monoisotopic (exact) mass is 273 g/mol. The summed E-state index contributed by atoms with van der Waals surface area (Å²) in [5, 5.41) is 8.71. The van der Waals surface area contributed by atoms with Crippen molar-refractivity contribution in [2.75, 3.05) is 31.2 Å². The highest BCUT2D eigenvalue weighted by atomic mass is 19.2. The Morgan fingerprint density at radius 1 is 1.32 bits per heavy atom. The normalized spacial score (nSPS) is 10.5. The Bertz CT molecular complexity index is 452. The molecule has 0 fully saturated rings. The third-order valence-electron chi connectivity index (χ3n) is 2.72. The highest BCUT2D eigenvalue weighted by Gasteiger charge is 2.20. The molecule has 1 aromatic rings. The van der Waals surface area contributed by atoms with Gasteiger partial charge in [0.25, 0.3) is 0 Å². The first-order valence-corrected chi connectivity index (χ1v) is 6.06. The molecule has 0 spiro atoms. The molecular weight excluding hydrogens is 256 g/mol. The van der Waals surface area contributed by atoms with E-state index < -0.39 is 23.2 Å². The van der Waals surface area contributed by atoms with Crippen LogP contribution < -0.4 is 4.90 Å². The number of ether oxygens (including phenoxy) is 1. The van der Waals surface area contributed by atoms with E-state index in [1.54, 1.807) is 11.8 Å². The van der Waals surface area contributed by atoms with Crippen LogP contribution in [0.1, 0.15) is 24.2 Å². The maximum absolute atomic E-state index is 13.8. The molecular formula is C13H17F2NO3. The van der Waals surface area contributed by atoms with Crippen molar-refractivity contribution in [3.63, 3.8) is 0 Å². The van der Waals surface area contributed by atoms with Crippen LogP contribution in [0.2, 0.25) is 0 Å². The van der Waals surface area contributed by atoms with Crippen molar-refractivity contribution < 1.29 is 23.4 Å². The van der Waals surface area contributed by atoms with Gasteiger partial charge in [0.15, 0.2) is 11.6 Å². The van der Waals surface area contributed by atoms with E-state index in [-0.39, 0.29) is 5.69 Å². The number of hydrogen-bond acceptors (Lipinski definition) is 3. The number of rotatable bonds is 7. The molecule has 0 radical (unpaired) electrons. The molecule has 19 heavy (non-hydrogen) atoms. The molecule has 0 amide bonds. The van der Waals surface area contributed by atoms with Crippen LogP contribution in [0.5, 0.6) is 0 Å². The van der Waals surface area contributed by atoms with Crippen molar-refractivity contribution >= 4 is 11.7 Å². The minimum absolute atomic E-state index is 0.0460. The van der Waals surface area contributed by atoms with Gasteiger partial charge in [-0.1, -0.05) is 0 Å². The van der Waals surface area contributed by atoms with Gasteiger partial charge in [0.1, 0.15) is 0 Å². The van der Waals surface area contributed by atoms with E-state index in [1.165, 1.54) is 6.07 Å². The quantitative estimate of drug-likeness (QED) is 0.776. The van der Waals surface area contributed by atoms with E-state index in [9.17, 15) is 13.6 Å². The second-order valence-electron chi connectivity index (χ2n) is 3.84. The molecule has 0 unspecified atom stereocenters. The minimum Gasteiger partial charge on any atom is -0.478 e. The average molecular weight is 273 g/mol. The number of carboxylic acid groups (broad SMARTS) is 1. The van der Waals surface area contributed by atoms with Crippen LogP contribution in [0.25, 0.3) is 0 Å². The summed E-state index contributed by atoms with van der Waals surface area (Å²) in [6.07, 6.45) is 0. The van der Waals surface area contributed by atoms with Crippen LogP contribution in [-0.2, 0) is 4.74 Å². The lowest BCUT2D eigenvalue weighted by Gasteiger charge is -2.23. The van der Waals surface area contributed by atoms with Crippen molar-refractivity contribution in [1.29, 1.82) is 0 Å². The van der Waals surface area contributed by atoms with E-state index in [4.69, 9.17) is 9.84 Å². The molecule has 0 bridgehead atoms. The average Bonchev–Trinajstić information content (AvgIpc) is 2.38. The molecule has 0 aliphatic rings. The fourth-order valence-electron chi connectivity index (χ4n) is 1.72. The zero-order valence-electron chi connectivity index (χ0n) is 10.9. The van der Waals surface area contributed by atoms with Gasteiger partial charge in [-0.3, -0.25) is 0 Å². The number of carbonyl (C=O) groups is 1. The maximum Gasteiger partial charge on any atom is 0.338 e. The summed E-state index contributed by atoms with van der Waals surface area (Å²) in [7, 11) is 0. The Balaban J connectivity index is 2.99. The number of nitrogens with zero attached hydrogens (tertiary/aromatic N) is 1. The third kappa shape index (κ3) is 3.64. The zero-order chi connectivity index (χ0) is 14.4. The number of hydrogen-bond donors (Lipinski definition) is 1. The van der Waals surface area contributed by atoms with Crippen LogP contribution in [0.4, 0.5) is 14.5 Å². The number of carboxylic acids is 1. The number of anilines is 1. The number of likely N-dealkylation sites (N-methyl/N-ethyl adjacent to an activating group) is 1. The van der Waals surface area contributed by atoms with Crippen LogP contribution in [0.3, 0.4) is 0 Å². The maximum atomic E-state index is 13.8. The topological polar surface area (TPSA) is 49.8 Å². The summed E-state index contributed by atoms with van der Waals surface area (Å²) in [6.45, 7) is 5.47. The molecule has 4 nitrogen and oxygen atoms in total. The fourth-order valence-corrected chi connectivity index (χ4v) is 1.72. The van der Waals surface area contributed by atoms with Crippen molar-refractivity contribution in [2.24, 2.45) is 0 Å². The largest absolute Gasteiger partial charge is 0.478 e. The summed E-state index contributed by atoms with van der Waals surface area (Å²) in [5.74, 6) is -3.96. The Morgan fingerprint density at radius 3 is 2.53 bits per heavy atom. The number of benzene rings is 1. The molecule has 0 saturated carbocycles. The van der Waals surface area contributed by atoms with Gasteiger partial charge in [-0.15, -0.1) is 0 Å². The predicted octanol–water partition coefficient (Wildman–Crippen LogP) is 2.53. The molecule has 1 aromatic carbocycles. The predicted molar refractivity (Wildman–Crippen MR) is 67.7 cm³/mol. The van der Waals surface area contributed by atoms with E-state index in [0.717, 1.165) is 6.07 Å². The van der Waals surface area contributed by atoms with Crippen molar-refractivity contribution in [3.05, 3.63) is 29.3 Å². The summed E-state index contributed by atoms with van der Waals surface area (Å²) < 4.78 is 32.6. The second-order valence-corrected chi connectivity index (χ2v) is 3.84. The van der Waals surface area contributed by atoms with Crippen LogP contribution in [0.15, 0.2) is 12.1 Å². The molecule has 0 aliphatic carbocycles. The lowest BCUT2D eigenvalue weighted by Crippen LogP contribution is -2.28. The minimum atomic E-state index is -1.49. The molecule has 1 N–H and O–H groups in total. The van der Waals surface area contributed by atoms with Crippen LogP contribution >= 0.6 is 0 Å². The van der Waals surface area contributed by atoms with Gasteiger partial charge >= 0.3 is 5.97 Å². The number of halogens is 2. The first-order valence-electron chi connectivity index (χ1n) is 6.06. The van der Waals surface area contributed by atoms with Crippen molar-refractivity contribution in [1.82, 2.24) is 0 Å². The second kappa shape index (κ2) is 7.04. The Kier molecular flexibility index (Phi) is 5.69. The molecule has 0 atom stereocenters. The lowest BCUT2D eigenvalue weighted by atomic mass is 10.1. The molecule has 0 aromatic heterocycles. The van der Waals surface area contributed by atoms with Gasteiger partial charge in [-0.2, -0.15) is 0 Å². The standard InChI is InChI=1S/C13H17F2NO3/c1-3-16(7-8-19-4-2)10-6-5-9(13(17)18)11(14)12(10)15/h5-6H,3-4,7-8H2,1-2H3,(H,17,18). The third-order valence-corrected chi connectivity index (χ3v) is 2.72. The van der Waals surface area contributed by atoms with E-state index in [0.29, 0.717) is 26.3 Å². The Morgan fingerprint density at radius 2 is 2.00 bits per heavy atom. The van der Waals surface area contributed by atoms with Crippen molar-refractivity contribution in [2.45, 2.75) is 13.8 Å². The Hall–Kier alpha value is -1.69. The highest BCUT2D eigenvalue weighted by molar-refractivity contribution is 5.88. The van der Waals surface area contributed by atoms with E-state index in [2.05, 4.69) is 0 Å². The molecule has 6 heteroatoms. The molecule has 0 saturated heterocycles. The summed E-state index contributed by atoms with van der Waals surface area (Å²) >= 11 is 0. The summed E-state index contributed by atoms with van der Waals surface area (Å²) in [5.41, 5.74) is -0.619. The van der Waals surface area contributed by atoms with Crippen LogP contribution in [0, 0.1) is 11.6 Å². The molecule has 106 valence electrons. The van der Waals surface area contributed by atoms with Crippen LogP contribution in [-0.4, -0.2) is 37.4 Å². The molecule has 0 aliphatic heterocycles. The van der Waals surface area contributed by atoms with Gasteiger partial charge < -0.3 is 14.7 Å². The van der Waals surface area contributed by atoms with Gasteiger partial charge in [0.05, 0.1) is 17.9 Å². The Labute approximate surface area is 110 Å². The highest BCUT2D eigenvalue weighted by Crippen LogP contribution is 2.24. The summed E-state index contributed by atoms with van der Waals surface area (Å²) in [4.78, 5) is 12.3. The molecule has 0 heterocycles. The van der Waals surface area contributed by atoms with E-state index in [1.807, 2.05) is 6.92 Å². The molecule has 1 rings (SSSR count). The van der Waals surface area contributed by atoms with Gasteiger partial charge in [0.2, 0.25) is 0 Å². The summed E-state index contributed by atoms with van der Waals surface area (Å²) in [6, 6.07) is 2.34. The van der Waals surface area contributed by atoms with Gasteiger partial charge in [0, 0.05) is 19.7 Å².